The van der Waals surface area contributed by atoms with Crippen LogP contribution in [0.2, 0.25) is 0 Å². The van der Waals surface area contributed by atoms with Crippen molar-refractivity contribution < 1.29 is 22.0 Å². The normalized spacial score (nSPS) is 18.0. The minimum absolute atomic E-state index is 0.263. The Hall–Kier alpha value is -2.54. The molecular formula is C20H19F2NO3S. The molecule has 0 saturated carbocycles. The highest BCUT2D eigenvalue weighted by Crippen LogP contribution is 2.28. The van der Waals surface area contributed by atoms with Gasteiger partial charge in [0.05, 0.1) is 11.8 Å². The summed E-state index contributed by atoms with van der Waals surface area (Å²) in [6, 6.07) is 9.26. The summed E-state index contributed by atoms with van der Waals surface area (Å²) in [5.74, 6) is -2.98. The predicted molar refractivity (Wildman–Crippen MR) is 100 cm³/mol. The van der Waals surface area contributed by atoms with Crippen LogP contribution in [-0.4, -0.2) is 26.1 Å². The van der Waals surface area contributed by atoms with Crippen LogP contribution in [0.15, 0.2) is 53.9 Å². The van der Waals surface area contributed by atoms with E-state index in [1.54, 1.807) is 12.1 Å². The number of nitrogens with zero attached hydrogens (tertiary/aromatic N) is 1. The van der Waals surface area contributed by atoms with Gasteiger partial charge in [-0.15, -0.1) is 0 Å². The molecule has 1 heterocycles. The maximum Gasteiger partial charge on any atom is 0.264 e. The molecule has 0 saturated heterocycles. The fourth-order valence-corrected chi connectivity index (χ4v) is 4.29. The molecule has 0 spiro atoms. The van der Waals surface area contributed by atoms with Gasteiger partial charge in [-0.1, -0.05) is 32.0 Å². The summed E-state index contributed by atoms with van der Waals surface area (Å²) in [4.78, 5) is 14.2. The van der Waals surface area contributed by atoms with Crippen LogP contribution in [0.5, 0.6) is 0 Å². The molecule has 1 atom stereocenters. The lowest BCUT2D eigenvalue weighted by Gasteiger charge is -2.28. The topological polar surface area (TPSA) is 54.5 Å². The zero-order valence-corrected chi connectivity index (χ0v) is 15.7. The average Bonchev–Trinajstić information content (AvgIpc) is 2.95. The molecule has 4 nitrogen and oxygen atoms in total. The second-order valence-corrected chi connectivity index (χ2v) is 8.67. The first-order chi connectivity index (χ1) is 12.7. The van der Waals surface area contributed by atoms with E-state index in [0.717, 1.165) is 28.0 Å². The monoisotopic (exact) mass is 391 g/mol. The Balaban J connectivity index is 2.08. The molecule has 0 fully saturated rings. The summed E-state index contributed by atoms with van der Waals surface area (Å²) in [7, 11) is -3.47. The van der Waals surface area contributed by atoms with Gasteiger partial charge in [-0.25, -0.2) is 17.2 Å². The van der Waals surface area contributed by atoms with Gasteiger partial charge in [-0.2, -0.15) is 0 Å². The fraction of sp³-hybridized carbons (Fsp3) is 0.250. The van der Waals surface area contributed by atoms with E-state index in [9.17, 15) is 22.0 Å². The van der Waals surface area contributed by atoms with Crippen molar-refractivity contribution in [2.75, 3.05) is 10.7 Å². The molecule has 1 aliphatic rings. The van der Waals surface area contributed by atoms with E-state index >= 15 is 0 Å². The van der Waals surface area contributed by atoms with E-state index in [1.165, 1.54) is 12.1 Å². The van der Waals surface area contributed by atoms with Gasteiger partial charge >= 0.3 is 0 Å². The third-order valence-corrected chi connectivity index (χ3v) is 5.85. The molecule has 142 valence electrons. The minimum atomic E-state index is -3.47. The van der Waals surface area contributed by atoms with Crippen molar-refractivity contribution in [2.24, 2.45) is 0 Å². The molecule has 0 aliphatic carbocycles. The lowest BCUT2D eigenvalue weighted by atomic mass is 10.0. The summed E-state index contributed by atoms with van der Waals surface area (Å²) >= 11 is 0. The number of halogens is 2. The number of amides is 1. The first-order valence-corrected chi connectivity index (χ1v) is 10.2. The van der Waals surface area contributed by atoms with Crippen LogP contribution in [-0.2, 0) is 9.84 Å². The number of rotatable bonds is 4. The molecule has 7 heteroatoms. The predicted octanol–water partition coefficient (Wildman–Crippen LogP) is 4.05. The van der Waals surface area contributed by atoms with E-state index in [2.05, 4.69) is 0 Å². The summed E-state index contributed by atoms with van der Waals surface area (Å²) in [6.45, 7) is 4.03. The number of carbonyl (C=O) groups is 1. The Morgan fingerprint density at radius 3 is 2.15 bits per heavy atom. The van der Waals surface area contributed by atoms with E-state index in [4.69, 9.17) is 0 Å². The summed E-state index contributed by atoms with van der Waals surface area (Å²) in [6.07, 6.45) is 1.36. The summed E-state index contributed by atoms with van der Waals surface area (Å²) in [5, 5.41) is 1.03. The molecule has 3 rings (SSSR count). The van der Waals surface area contributed by atoms with Gasteiger partial charge in [0.15, 0.2) is 9.84 Å². The number of anilines is 1. The van der Waals surface area contributed by atoms with Gasteiger partial charge in [0, 0.05) is 11.1 Å². The SMILES string of the molecule is CC(C)c1ccc(N(C(=O)c2c(F)cccc2F)[C@H]2C=CS(=O)(=O)C2)cc1. The van der Waals surface area contributed by atoms with Gasteiger partial charge < -0.3 is 4.90 Å². The summed E-state index contributed by atoms with van der Waals surface area (Å²) in [5.41, 5.74) is 0.694. The molecule has 2 aromatic carbocycles. The average molecular weight is 391 g/mol. The Labute approximate surface area is 157 Å². The number of carbonyl (C=O) groups excluding carboxylic acids is 1. The quantitative estimate of drug-likeness (QED) is 0.790. The lowest BCUT2D eigenvalue weighted by Crippen LogP contribution is -2.42. The van der Waals surface area contributed by atoms with Crippen molar-refractivity contribution >= 4 is 21.4 Å². The molecule has 0 unspecified atom stereocenters. The Kier molecular flexibility index (Phi) is 5.15. The van der Waals surface area contributed by atoms with Crippen molar-refractivity contribution in [2.45, 2.75) is 25.8 Å². The highest BCUT2D eigenvalue weighted by molar-refractivity contribution is 7.94. The number of hydrogen-bond acceptors (Lipinski definition) is 3. The first-order valence-electron chi connectivity index (χ1n) is 8.48. The van der Waals surface area contributed by atoms with Crippen LogP contribution < -0.4 is 4.90 Å². The Bertz CT molecular complexity index is 978. The largest absolute Gasteiger partial charge is 0.300 e. The molecular weight excluding hydrogens is 372 g/mol. The Morgan fingerprint density at radius 2 is 1.67 bits per heavy atom. The third-order valence-electron chi connectivity index (χ3n) is 4.48. The highest BCUT2D eigenvalue weighted by Gasteiger charge is 2.34. The molecule has 27 heavy (non-hydrogen) atoms. The first kappa shape index (κ1) is 19.2. The van der Waals surface area contributed by atoms with Crippen LogP contribution in [0.4, 0.5) is 14.5 Å². The van der Waals surface area contributed by atoms with E-state index in [0.29, 0.717) is 5.69 Å². The van der Waals surface area contributed by atoms with Crippen LogP contribution in [0.1, 0.15) is 35.7 Å². The number of benzene rings is 2. The molecule has 0 radical (unpaired) electrons. The smallest absolute Gasteiger partial charge is 0.264 e. The van der Waals surface area contributed by atoms with Gasteiger partial charge in [-0.05, 0) is 41.8 Å². The van der Waals surface area contributed by atoms with Crippen LogP contribution in [0, 0.1) is 11.6 Å². The van der Waals surface area contributed by atoms with Crippen molar-refractivity contribution in [3.63, 3.8) is 0 Å². The van der Waals surface area contributed by atoms with Crippen LogP contribution >= 0.6 is 0 Å². The molecule has 0 aromatic heterocycles. The fourth-order valence-electron chi connectivity index (χ4n) is 3.02. The molecule has 2 aromatic rings. The Morgan fingerprint density at radius 1 is 1.07 bits per heavy atom. The molecule has 0 bridgehead atoms. The zero-order valence-electron chi connectivity index (χ0n) is 14.9. The van der Waals surface area contributed by atoms with Crippen molar-refractivity contribution in [1.29, 1.82) is 0 Å². The van der Waals surface area contributed by atoms with Crippen molar-refractivity contribution in [3.05, 3.63) is 76.7 Å². The zero-order chi connectivity index (χ0) is 19.8. The van der Waals surface area contributed by atoms with Crippen molar-refractivity contribution in [3.8, 4) is 0 Å². The maximum absolute atomic E-state index is 14.2. The summed E-state index contributed by atoms with van der Waals surface area (Å²) < 4.78 is 52.0. The molecule has 0 N–H and O–H groups in total. The van der Waals surface area contributed by atoms with Crippen LogP contribution in [0.25, 0.3) is 0 Å². The molecule has 1 amide bonds. The van der Waals surface area contributed by atoms with Crippen molar-refractivity contribution in [1.82, 2.24) is 0 Å². The highest BCUT2D eigenvalue weighted by atomic mass is 32.2. The third kappa shape index (κ3) is 3.93. The molecule has 1 aliphatic heterocycles. The second-order valence-electron chi connectivity index (χ2n) is 6.74. The lowest BCUT2D eigenvalue weighted by molar-refractivity contribution is 0.0975. The van der Waals surface area contributed by atoms with E-state index < -0.39 is 39.0 Å². The standard InChI is InChI=1S/C20H19F2NO3S/c1-13(2)14-6-8-15(9-7-14)23(16-10-11-27(25,26)12-16)20(24)19-17(21)4-3-5-18(19)22/h3-11,13,16H,12H2,1-2H3/t16-/m0/s1. The minimum Gasteiger partial charge on any atom is -0.300 e. The number of sulfone groups is 1. The van der Waals surface area contributed by atoms with Gasteiger partial charge in [0.1, 0.15) is 17.2 Å². The van der Waals surface area contributed by atoms with E-state index in [1.807, 2.05) is 26.0 Å². The maximum atomic E-state index is 14.2. The van der Waals surface area contributed by atoms with Gasteiger partial charge in [0.25, 0.3) is 5.91 Å². The van der Waals surface area contributed by atoms with E-state index in [-0.39, 0.29) is 11.7 Å². The number of hydrogen-bond donors (Lipinski definition) is 0. The van der Waals surface area contributed by atoms with Gasteiger partial charge in [0.2, 0.25) is 0 Å². The van der Waals surface area contributed by atoms with Gasteiger partial charge in [-0.3, -0.25) is 4.79 Å². The van der Waals surface area contributed by atoms with Crippen LogP contribution in [0.3, 0.4) is 0 Å². The second kappa shape index (κ2) is 7.23.